The average molecular weight is 263 g/mol. The molecule has 0 spiro atoms. The molecule has 0 unspecified atom stereocenters. The van der Waals surface area contributed by atoms with Crippen LogP contribution in [0.2, 0.25) is 0 Å². The Kier molecular flexibility index (Phi) is 2.26. The minimum absolute atomic E-state index is 0.849. The van der Waals surface area contributed by atoms with E-state index >= 15 is 0 Å². The second kappa shape index (κ2) is 4.09. The number of H-pyrrole nitrogens is 2. The van der Waals surface area contributed by atoms with E-state index < -0.39 is 0 Å². The van der Waals surface area contributed by atoms with Gasteiger partial charge in [-0.25, -0.2) is 4.98 Å². The Hall–Kier alpha value is -2.82. The molecule has 3 heterocycles. The van der Waals surface area contributed by atoms with Crippen molar-refractivity contribution in [3.05, 3.63) is 42.7 Å². The molecule has 0 aliphatic heterocycles. The Balaban J connectivity index is 2.01. The zero-order valence-electron chi connectivity index (χ0n) is 10.9. The average Bonchev–Trinajstić information content (AvgIpc) is 3.13. The van der Waals surface area contributed by atoms with Crippen molar-refractivity contribution in [3.63, 3.8) is 0 Å². The van der Waals surface area contributed by atoms with Gasteiger partial charge in [-0.2, -0.15) is 5.10 Å². The molecule has 5 nitrogen and oxygen atoms in total. The van der Waals surface area contributed by atoms with Crippen molar-refractivity contribution in [2.45, 2.75) is 0 Å². The molecule has 4 rings (SSSR count). The highest BCUT2D eigenvalue weighted by molar-refractivity contribution is 5.97. The summed E-state index contributed by atoms with van der Waals surface area (Å²) in [5, 5.41) is 12.4. The molecule has 3 aromatic heterocycles. The van der Waals surface area contributed by atoms with Gasteiger partial charge in [0.05, 0.1) is 11.7 Å². The quantitative estimate of drug-likeness (QED) is 0.520. The second-order valence-corrected chi connectivity index (χ2v) is 4.72. The van der Waals surface area contributed by atoms with Crippen molar-refractivity contribution < 1.29 is 0 Å². The maximum absolute atomic E-state index is 4.51. The lowest BCUT2D eigenvalue weighted by molar-refractivity contribution is 1.12. The maximum Gasteiger partial charge on any atom is 0.140 e. The highest BCUT2D eigenvalue weighted by Crippen LogP contribution is 2.31. The van der Waals surface area contributed by atoms with Crippen LogP contribution in [0.4, 0.5) is 5.82 Å². The summed E-state index contributed by atoms with van der Waals surface area (Å²) < 4.78 is 0. The standard InChI is InChI=1S/C15H13N5/c1-16-14-7-12(11-4-5-17-15(11)19-14)9-2-3-13-10(6-9)8-18-20-13/h2-8H,1H3,(H,18,20)(H2,16,17,19). The van der Waals surface area contributed by atoms with Gasteiger partial charge in [0.25, 0.3) is 0 Å². The van der Waals surface area contributed by atoms with Gasteiger partial charge in [0.15, 0.2) is 0 Å². The maximum atomic E-state index is 4.51. The predicted octanol–water partition coefficient (Wildman–Crippen LogP) is 3.15. The molecule has 0 radical (unpaired) electrons. The summed E-state index contributed by atoms with van der Waals surface area (Å²) >= 11 is 0. The topological polar surface area (TPSA) is 69.4 Å². The minimum Gasteiger partial charge on any atom is -0.373 e. The molecule has 98 valence electrons. The Morgan fingerprint density at radius 3 is 3.00 bits per heavy atom. The normalized spacial score (nSPS) is 11.2. The monoisotopic (exact) mass is 263 g/mol. The summed E-state index contributed by atoms with van der Waals surface area (Å²) in [6, 6.07) is 10.4. The zero-order chi connectivity index (χ0) is 13.5. The smallest absolute Gasteiger partial charge is 0.140 e. The van der Waals surface area contributed by atoms with Gasteiger partial charge in [0, 0.05) is 24.0 Å². The van der Waals surface area contributed by atoms with E-state index in [1.807, 2.05) is 19.4 Å². The SMILES string of the molecule is CNc1cc(-c2ccc3[nH]ncc3c2)c2cc[nH]c2n1. The van der Waals surface area contributed by atoms with E-state index in [-0.39, 0.29) is 0 Å². The van der Waals surface area contributed by atoms with Crippen LogP contribution in [0.3, 0.4) is 0 Å². The van der Waals surface area contributed by atoms with Gasteiger partial charge < -0.3 is 10.3 Å². The van der Waals surface area contributed by atoms with E-state index in [9.17, 15) is 0 Å². The number of hydrogen-bond acceptors (Lipinski definition) is 3. The molecule has 0 amide bonds. The molecule has 20 heavy (non-hydrogen) atoms. The van der Waals surface area contributed by atoms with Gasteiger partial charge >= 0.3 is 0 Å². The van der Waals surface area contributed by atoms with Gasteiger partial charge in [-0.05, 0) is 35.4 Å². The first-order valence-corrected chi connectivity index (χ1v) is 6.44. The number of anilines is 1. The van der Waals surface area contributed by atoms with Crippen molar-refractivity contribution in [2.24, 2.45) is 0 Å². The molecule has 5 heteroatoms. The third-order valence-electron chi connectivity index (χ3n) is 3.54. The number of hydrogen-bond donors (Lipinski definition) is 3. The number of nitrogens with zero attached hydrogens (tertiary/aromatic N) is 2. The van der Waals surface area contributed by atoms with Crippen molar-refractivity contribution in [1.29, 1.82) is 0 Å². The van der Waals surface area contributed by atoms with E-state index in [0.29, 0.717) is 0 Å². The molecular formula is C15H13N5. The van der Waals surface area contributed by atoms with Gasteiger partial charge in [-0.15, -0.1) is 0 Å². The fraction of sp³-hybridized carbons (Fsp3) is 0.0667. The summed E-state index contributed by atoms with van der Waals surface area (Å²) in [6.45, 7) is 0. The summed E-state index contributed by atoms with van der Waals surface area (Å²) in [5.74, 6) is 0.849. The third-order valence-corrected chi connectivity index (χ3v) is 3.54. The van der Waals surface area contributed by atoms with Gasteiger partial charge in [0.2, 0.25) is 0 Å². The van der Waals surface area contributed by atoms with Crippen LogP contribution < -0.4 is 5.32 Å². The van der Waals surface area contributed by atoms with E-state index in [1.165, 1.54) is 0 Å². The molecule has 0 atom stereocenters. The van der Waals surface area contributed by atoms with Crippen LogP contribution in [-0.4, -0.2) is 27.2 Å². The number of aromatic amines is 2. The number of pyridine rings is 1. The Bertz CT molecular complexity index is 903. The van der Waals surface area contributed by atoms with Gasteiger partial charge in [-0.1, -0.05) is 6.07 Å². The molecule has 0 aliphatic rings. The molecule has 0 saturated heterocycles. The van der Waals surface area contributed by atoms with E-state index in [4.69, 9.17) is 0 Å². The highest BCUT2D eigenvalue weighted by atomic mass is 15.1. The first kappa shape index (κ1) is 11.0. The summed E-state index contributed by atoms with van der Waals surface area (Å²) in [7, 11) is 1.88. The summed E-state index contributed by atoms with van der Waals surface area (Å²) in [5.41, 5.74) is 4.24. The van der Waals surface area contributed by atoms with Crippen LogP contribution in [0.5, 0.6) is 0 Å². The molecule has 4 aromatic rings. The second-order valence-electron chi connectivity index (χ2n) is 4.72. The van der Waals surface area contributed by atoms with E-state index in [0.717, 1.165) is 38.9 Å². The minimum atomic E-state index is 0.849. The van der Waals surface area contributed by atoms with Crippen LogP contribution in [0.25, 0.3) is 33.1 Å². The lowest BCUT2D eigenvalue weighted by Gasteiger charge is -2.07. The van der Waals surface area contributed by atoms with Crippen LogP contribution in [0, 0.1) is 0 Å². The molecule has 0 aliphatic carbocycles. The number of fused-ring (bicyclic) bond motifs is 2. The van der Waals surface area contributed by atoms with Crippen molar-refractivity contribution in [2.75, 3.05) is 12.4 Å². The van der Waals surface area contributed by atoms with Crippen molar-refractivity contribution in [1.82, 2.24) is 20.2 Å². The molecule has 0 saturated carbocycles. The van der Waals surface area contributed by atoms with Crippen LogP contribution in [-0.2, 0) is 0 Å². The van der Waals surface area contributed by atoms with E-state index in [2.05, 4.69) is 55.8 Å². The first-order chi connectivity index (χ1) is 9.85. The van der Waals surface area contributed by atoms with Crippen LogP contribution >= 0.6 is 0 Å². The molecule has 0 bridgehead atoms. The van der Waals surface area contributed by atoms with Crippen molar-refractivity contribution in [3.8, 4) is 11.1 Å². The summed E-state index contributed by atoms with van der Waals surface area (Å²) in [4.78, 5) is 7.67. The largest absolute Gasteiger partial charge is 0.373 e. The Morgan fingerprint density at radius 1 is 1.15 bits per heavy atom. The van der Waals surface area contributed by atoms with Crippen LogP contribution in [0.1, 0.15) is 0 Å². The molecular weight excluding hydrogens is 250 g/mol. The number of benzene rings is 1. The fourth-order valence-corrected chi connectivity index (χ4v) is 2.51. The number of aromatic nitrogens is 4. The lowest BCUT2D eigenvalue weighted by Crippen LogP contribution is -1.93. The Morgan fingerprint density at radius 2 is 2.10 bits per heavy atom. The number of rotatable bonds is 2. The van der Waals surface area contributed by atoms with E-state index in [1.54, 1.807) is 0 Å². The molecule has 0 fully saturated rings. The third kappa shape index (κ3) is 1.56. The van der Waals surface area contributed by atoms with Gasteiger partial charge in [-0.3, -0.25) is 5.10 Å². The fourth-order valence-electron chi connectivity index (χ4n) is 2.51. The van der Waals surface area contributed by atoms with Crippen molar-refractivity contribution >= 4 is 27.8 Å². The molecule has 1 aromatic carbocycles. The predicted molar refractivity (Wildman–Crippen MR) is 80.7 cm³/mol. The zero-order valence-corrected chi connectivity index (χ0v) is 10.9. The first-order valence-electron chi connectivity index (χ1n) is 6.44. The van der Waals surface area contributed by atoms with Gasteiger partial charge in [0.1, 0.15) is 11.5 Å². The highest BCUT2D eigenvalue weighted by Gasteiger charge is 2.09. The molecule has 3 N–H and O–H groups in total. The number of nitrogens with one attached hydrogen (secondary N) is 3. The van der Waals surface area contributed by atoms with Crippen LogP contribution in [0.15, 0.2) is 42.7 Å². The lowest BCUT2D eigenvalue weighted by atomic mass is 10.0. The summed E-state index contributed by atoms with van der Waals surface area (Å²) in [6.07, 6.45) is 3.75. The Labute approximate surface area is 115 Å².